The van der Waals surface area contributed by atoms with Crippen molar-refractivity contribution in [2.45, 2.75) is 36.8 Å². The number of benzene rings is 1. The number of carbonyl (C=O) groups is 1. The zero-order chi connectivity index (χ0) is 21.7. The number of nitrogens with one attached hydrogen (secondary N) is 1. The van der Waals surface area contributed by atoms with Crippen molar-refractivity contribution in [2.24, 2.45) is 4.99 Å². The van der Waals surface area contributed by atoms with Crippen molar-refractivity contribution in [3.63, 3.8) is 0 Å². The summed E-state index contributed by atoms with van der Waals surface area (Å²) in [5.74, 6) is -0.496. The number of aliphatic imine (C=N–C) groups is 1. The zero-order valence-electron chi connectivity index (χ0n) is 16.0. The van der Waals surface area contributed by atoms with Crippen LogP contribution in [-0.2, 0) is 4.79 Å². The summed E-state index contributed by atoms with van der Waals surface area (Å²) in [6.07, 6.45) is -1.06. The molecule has 30 heavy (non-hydrogen) atoms. The van der Waals surface area contributed by atoms with E-state index in [0.717, 1.165) is 25.1 Å². The van der Waals surface area contributed by atoms with E-state index in [2.05, 4.69) is 15.3 Å². The Morgan fingerprint density at radius 3 is 2.90 bits per heavy atom. The molecular weight excluding hydrogens is 423 g/mol. The molecule has 2 aromatic rings. The first kappa shape index (κ1) is 22.2. The van der Waals surface area contributed by atoms with Crippen LogP contribution in [0.15, 0.2) is 32.8 Å². The summed E-state index contributed by atoms with van der Waals surface area (Å²) >= 11 is 1.25. The molecule has 1 fully saturated rings. The largest absolute Gasteiger partial charge is 0.298 e. The highest BCUT2D eigenvalue weighted by Gasteiger charge is 2.30. The molecule has 8 nitrogen and oxygen atoms in total. The Kier molecular flexibility index (Phi) is 7.45. The van der Waals surface area contributed by atoms with Crippen LogP contribution >= 0.6 is 11.8 Å². The van der Waals surface area contributed by atoms with Gasteiger partial charge in [0.15, 0.2) is 16.6 Å². The van der Waals surface area contributed by atoms with E-state index in [9.17, 15) is 23.2 Å². The maximum Gasteiger partial charge on any atom is 0.266 e. The molecule has 1 atom stereocenters. The standard InChI is InChI=1S/C18H20F3N5O3S/c1-26-7-6-13(26)14(27)3-2-8-30-18-15(24-29-25-18)17(23-28)22-10-4-5-12(19)11(9-10)16(20)21/h4-5,9,13,16,28H,2-3,6-8H2,1H3,(H,22,23). The highest BCUT2D eigenvalue weighted by atomic mass is 32.2. The van der Waals surface area contributed by atoms with E-state index in [4.69, 9.17) is 4.63 Å². The van der Waals surface area contributed by atoms with Gasteiger partial charge in [0.25, 0.3) is 6.43 Å². The number of amidine groups is 1. The lowest BCUT2D eigenvalue weighted by Gasteiger charge is -2.36. The van der Waals surface area contributed by atoms with Gasteiger partial charge in [-0.1, -0.05) is 0 Å². The third kappa shape index (κ3) is 5.18. The minimum atomic E-state index is -3.01. The molecule has 2 heterocycles. The molecule has 1 aromatic carbocycles. The van der Waals surface area contributed by atoms with Crippen molar-refractivity contribution in [1.29, 1.82) is 0 Å². The van der Waals surface area contributed by atoms with E-state index in [1.807, 2.05) is 17.4 Å². The third-order valence-electron chi connectivity index (χ3n) is 4.71. The van der Waals surface area contributed by atoms with Crippen molar-refractivity contribution >= 4 is 29.1 Å². The van der Waals surface area contributed by atoms with Gasteiger partial charge in [-0.2, -0.15) is 0 Å². The first-order valence-electron chi connectivity index (χ1n) is 9.15. The number of carbonyl (C=O) groups excluding carboxylic acids is 1. The van der Waals surface area contributed by atoms with E-state index in [-0.39, 0.29) is 29.0 Å². The topological polar surface area (TPSA) is 104 Å². The number of nitrogens with zero attached hydrogens (tertiary/aromatic N) is 4. The predicted molar refractivity (Wildman–Crippen MR) is 103 cm³/mol. The molecule has 0 amide bonds. The van der Waals surface area contributed by atoms with Gasteiger partial charge in [-0.3, -0.25) is 20.4 Å². The van der Waals surface area contributed by atoms with Gasteiger partial charge < -0.3 is 0 Å². The first-order chi connectivity index (χ1) is 14.4. The number of ketones is 1. The van der Waals surface area contributed by atoms with E-state index in [0.29, 0.717) is 23.6 Å². The second kappa shape index (κ2) is 10.0. The maximum absolute atomic E-state index is 13.4. The molecule has 0 spiro atoms. The molecule has 1 aliphatic heterocycles. The normalized spacial score (nSPS) is 17.3. The van der Waals surface area contributed by atoms with Crippen LogP contribution in [0.25, 0.3) is 0 Å². The van der Waals surface area contributed by atoms with Crippen molar-refractivity contribution in [3.05, 3.63) is 35.3 Å². The van der Waals surface area contributed by atoms with Crippen LogP contribution in [0.4, 0.5) is 18.9 Å². The van der Waals surface area contributed by atoms with Crippen LogP contribution in [0.2, 0.25) is 0 Å². The number of aromatic nitrogens is 2. The fourth-order valence-corrected chi connectivity index (χ4v) is 3.79. The fraction of sp³-hybridized carbons (Fsp3) is 0.444. The number of hydrogen-bond acceptors (Lipinski definition) is 8. The Morgan fingerprint density at radius 2 is 2.27 bits per heavy atom. The number of likely N-dealkylation sites (tertiary alicyclic amines) is 1. The van der Waals surface area contributed by atoms with Gasteiger partial charge in [0.1, 0.15) is 11.6 Å². The monoisotopic (exact) mass is 443 g/mol. The summed E-state index contributed by atoms with van der Waals surface area (Å²) in [6, 6.07) is 2.93. The van der Waals surface area contributed by atoms with Crippen LogP contribution in [-0.4, -0.2) is 57.4 Å². The van der Waals surface area contributed by atoms with Gasteiger partial charge in [0.2, 0.25) is 0 Å². The Hall–Kier alpha value is -2.44. The minimum Gasteiger partial charge on any atom is -0.298 e. The Morgan fingerprint density at radius 1 is 1.47 bits per heavy atom. The minimum absolute atomic E-state index is 0.00504. The zero-order valence-corrected chi connectivity index (χ0v) is 16.8. The Bertz CT molecular complexity index is 924. The lowest BCUT2D eigenvalue weighted by molar-refractivity contribution is -0.127. The maximum atomic E-state index is 13.4. The molecule has 162 valence electrons. The Balaban J connectivity index is 1.64. The average molecular weight is 443 g/mol. The number of rotatable bonds is 9. The number of hydrogen-bond donors (Lipinski definition) is 2. The van der Waals surface area contributed by atoms with Crippen LogP contribution in [0.1, 0.15) is 36.9 Å². The number of halogens is 3. The summed E-state index contributed by atoms with van der Waals surface area (Å²) in [4.78, 5) is 18.1. The smallest absolute Gasteiger partial charge is 0.266 e. The third-order valence-corrected chi connectivity index (χ3v) is 5.74. The second-order valence-electron chi connectivity index (χ2n) is 6.70. The lowest BCUT2D eigenvalue weighted by Crippen LogP contribution is -2.49. The molecule has 12 heteroatoms. The number of Topliss-reactive ketones (excluding diaryl/α,β-unsaturated/α-hetero) is 1. The van der Waals surface area contributed by atoms with Gasteiger partial charge in [0, 0.05) is 18.7 Å². The molecule has 0 radical (unpaired) electrons. The summed E-state index contributed by atoms with van der Waals surface area (Å²) in [5, 5.41) is 17.1. The highest BCUT2D eigenvalue weighted by Crippen LogP contribution is 2.28. The van der Waals surface area contributed by atoms with E-state index in [1.54, 1.807) is 0 Å². The molecule has 1 saturated heterocycles. The molecule has 0 saturated carbocycles. The van der Waals surface area contributed by atoms with Gasteiger partial charge in [0.05, 0.1) is 17.3 Å². The van der Waals surface area contributed by atoms with Crippen LogP contribution in [0.5, 0.6) is 0 Å². The molecule has 0 aliphatic carbocycles. The fourth-order valence-electron chi connectivity index (χ4n) is 2.95. The molecule has 1 aromatic heterocycles. The predicted octanol–water partition coefficient (Wildman–Crippen LogP) is 3.35. The number of alkyl halides is 2. The molecule has 2 N–H and O–H groups in total. The van der Waals surface area contributed by atoms with Gasteiger partial charge in [-0.25, -0.2) is 22.8 Å². The number of thioether (sulfide) groups is 1. The number of hydroxylamine groups is 1. The second-order valence-corrected chi connectivity index (χ2v) is 7.78. The van der Waals surface area contributed by atoms with Crippen molar-refractivity contribution in [3.8, 4) is 0 Å². The Labute approximate surface area is 174 Å². The van der Waals surface area contributed by atoms with Crippen molar-refractivity contribution < 1.29 is 27.8 Å². The summed E-state index contributed by atoms with van der Waals surface area (Å²) < 4.78 is 43.9. The molecule has 1 unspecified atom stereocenters. The summed E-state index contributed by atoms with van der Waals surface area (Å²) in [5.41, 5.74) is 1.08. The van der Waals surface area contributed by atoms with Gasteiger partial charge >= 0.3 is 0 Å². The molecular formula is C18H20F3N5O3S. The molecule has 0 bridgehead atoms. The van der Waals surface area contributed by atoms with E-state index >= 15 is 0 Å². The highest BCUT2D eigenvalue weighted by molar-refractivity contribution is 7.99. The van der Waals surface area contributed by atoms with Gasteiger partial charge in [-0.05, 0) is 48.4 Å². The summed E-state index contributed by atoms with van der Waals surface area (Å²) in [6.45, 7) is 0.933. The SMILES string of the molecule is CN1CCC1C(=O)CCCSc1nonc1C(=Nc1ccc(F)c(C(F)F)c1)NO. The van der Waals surface area contributed by atoms with E-state index in [1.165, 1.54) is 17.8 Å². The van der Waals surface area contributed by atoms with Crippen molar-refractivity contribution in [2.75, 3.05) is 19.3 Å². The average Bonchev–Trinajstić information content (AvgIpc) is 3.17. The molecule has 1 aliphatic rings. The summed E-state index contributed by atoms with van der Waals surface area (Å²) in [7, 11) is 1.92. The first-order valence-corrected chi connectivity index (χ1v) is 10.1. The quantitative estimate of drug-likeness (QED) is 0.200. The van der Waals surface area contributed by atoms with Crippen molar-refractivity contribution in [1.82, 2.24) is 20.7 Å². The van der Waals surface area contributed by atoms with Gasteiger partial charge in [-0.15, -0.1) is 11.8 Å². The lowest BCUT2D eigenvalue weighted by atomic mass is 9.97. The van der Waals surface area contributed by atoms with E-state index < -0.39 is 17.8 Å². The number of likely N-dealkylation sites (N-methyl/N-ethyl adjacent to an activating group) is 1. The van der Waals surface area contributed by atoms with Crippen LogP contribution in [0, 0.1) is 5.82 Å². The molecule has 3 rings (SSSR count). The van der Waals surface area contributed by atoms with Crippen LogP contribution < -0.4 is 5.48 Å². The van der Waals surface area contributed by atoms with Crippen LogP contribution in [0.3, 0.4) is 0 Å².